The van der Waals surface area contributed by atoms with E-state index in [2.05, 4.69) is 16.1 Å². The third kappa shape index (κ3) is 3.48. The van der Waals surface area contributed by atoms with Crippen molar-refractivity contribution in [1.82, 2.24) is 14.8 Å². The van der Waals surface area contributed by atoms with Crippen LogP contribution in [0.2, 0.25) is 0 Å². The first-order chi connectivity index (χ1) is 13.6. The van der Waals surface area contributed by atoms with E-state index < -0.39 is 0 Å². The summed E-state index contributed by atoms with van der Waals surface area (Å²) in [5.74, 6) is -0.206. The zero-order valence-corrected chi connectivity index (χ0v) is 16.5. The number of carbonyl (C=O) groups excluding carboxylic acids is 1. The Morgan fingerprint density at radius 1 is 1.29 bits per heavy atom. The predicted octanol–water partition coefficient (Wildman–Crippen LogP) is 2.52. The molecule has 0 fully saturated rings. The van der Waals surface area contributed by atoms with Crippen LogP contribution in [0.5, 0.6) is 0 Å². The van der Waals surface area contributed by atoms with E-state index in [1.165, 1.54) is 16.8 Å². The predicted molar refractivity (Wildman–Crippen MR) is 108 cm³/mol. The Morgan fingerprint density at radius 2 is 2.14 bits per heavy atom. The molecule has 0 N–H and O–H groups in total. The normalized spacial score (nSPS) is 13.0. The lowest BCUT2D eigenvalue weighted by Gasteiger charge is -2.17. The van der Waals surface area contributed by atoms with Gasteiger partial charge in [0, 0.05) is 36.4 Å². The summed E-state index contributed by atoms with van der Waals surface area (Å²) in [7, 11) is 1.56. The molecule has 28 heavy (non-hydrogen) atoms. The number of hydrogen-bond acceptors (Lipinski definition) is 6. The molecule has 0 saturated heterocycles. The topological polar surface area (TPSA) is 77.3 Å². The minimum absolute atomic E-state index is 0.206. The van der Waals surface area contributed by atoms with Gasteiger partial charge in [-0.15, -0.1) is 11.3 Å². The minimum Gasteiger partial charge on any atom is -0.383 e. The number of amides is 1. The maximum absolute atomic E-state index is 13.0. The molecule has 4 rings (SSSR count). The standard InChI is InChI=1S/C20H20N4O3S/c1-13-21-17(12-28-13)14-3-5-18-15(11-14)7-8-23(18)20(26)16-4-6-19(25)24(22-16)9-10-27-2/h3-6,11-12H,7-10H2,1-2H3. The van der Waals surface area contributed by atoms with Crippen molar-refractivity contribution in [3.05, 3.63) is 62.3 Å². The third-order valence-corrected chi connectivity index (χ3v) is 5.50. The average molecular weight is 396 g/mol. The summed E-state index contributed by atoms with van der Waals surface area (Å²) >= 11 is 1.62. The van der Waals surface area contributed by atoms with Gasteiger partial charge < -0.3 is 9.64 Å². The second kappa shape index (κ2) is 7.65. The van der Waals surface area contributed by atoms with E-state index in [0.717, 1.165) is 33.9 Å². The zero-order chi connectivity index (χ0) is 19.7. The van der Waals surface area contributed by atoms with Crippen molar-refractivity contribution in [3.8, 4) is 11.3 Å². The molecular formula is C20H20N4O3S. The first kappa shape index (κ1) is 18.5. The highest BCUT2D eigenvalue weighted by molar-refractivity contribution is 7.09. The smallest absolute Gasteiger partial charge is 0.278 e. The highest BCUT2D eigenvalue weighted by atomic mass is 32.1. The Morgan fingerprint density at radius 3 is 2.89 bits per heavy atom. The minimum atomic E-state index is -0.251. The second-order valence-electron chi connectivity index (χ2n) is 6.57. The number of hydrogen-bond donors (Lipinski definition) is 0. The Balaban J connectivity index is 1.60. The number of carbonyl (C=O) groups is 1. The van der Waals surface area contributed by atoms with Crippen molar-refractivity contribution in [1.29, 1.82) is 0 Å². The SMILES string of the molecule is COCCn1nc(C(=O)N2CCc3cc(-c4csc(C)n4)ccc32)ccc1=O. The molecule has 0 spiro atoms. The van der Waals surface area contributed by atoms with Gasteiger partial charge in [-0.2, -0.15) is 5.10 Å². The van der Waals surface area contributed by atoms with Crippen LogP contribution in [-0.2, 0) is 17.7 Å². The number of rotatable bonds is 5. The number of methoxy groups -OCH3 is 1. The van der Waals surface area contributed by atoms with Crippen LogP contribution in [0.25, 0.3) is 11.3 Å². The summed E-state index contributed by atoms with van der Waals surface area (Å²) in [6.07, 6.45) is 0.779. The fraction of sp³-hybridized carbons (Fsp3) is 0.300. The van der Waals surface area contributed by atoms with Crippen molar-refractivity contribution in [3.63, 3.8) is 0 Å². The van der Waals surface area contributed by atoms with Gasteiger partial charge >= 0.3 is 0 Å². The van der Waals surface area contributed by atoms with Crippen LogP contribution >= 0.6 is 11.3 Å². The lowest BCUT2D eigenvalue weighted by Crippen LogP contribution is -2.33. The lowest BCUT2D eigenvalue weighted by atomic mass is 10.1. The fourth-order valence-electron chi connectivity index (χ4n) is 3.31. The number of ether oxygens (including phenoxy) is 1. The van der Waals surface area contributed by atoms with E-state index >= 15 is 0 Å². The fourth-order valence-corrected chi connectivity index (χ4v) is 3.93. The van der Waals surface area contributed by atoms with Crippen molar-refractivity contribution in [2.75, 3.05) is 25.2 Å². The van der Waals surface area contributed by atoms with Crippen molar-refractivity contribution in [2.24, 2.45) is 0 Å². The van der Waals surface area contributed by atoms with Gasteiger partial charge in [-0.1, -0.05) is 6.07 Å². The molecule has 1 aromatic carbocycles. The van der Waals surface area contributed by atoms with E-state index in [4.69, 9.17) is 4.74 Å². The van der Waals surface area contributed by atoms with E-state index in [0.29, 0.717) is 19.7 Å². The monoisotopic (exact) mass is 396 g/mol. The summed E-state index contributed by atoms with van der Waals surface area (Å²) in [5.41, 5.74) is 4.02. The number of nitrogens with zero attached hydrogens (tertiary/aromatic N) is 4. The van der Waals surface area contributed by atoms with E-state index in [9.17, 15) is 9.59 Å². The van der Waals surface area contributed by atoms with Crippen LogP contribution in [0.4, 0.5) is 5.69 Å². The molecule has 0 bridgehead atoms. The molecule has 144 valence electrons. The van der Waals surface area contributed by atoms with Crippen LogP contribution in [0, 0.1) is 6.92 Å². The van der Waals surface area contributed by atoms with E-state index in [1.807, 2.05) is 24.4 Å². The molecule has 1 aliphatic rings. The van der Waals surface area contributed by atoms with Gasteiger partial charge in [0.15, 0.2) is 0 Å². The van der Waals surface area contributed by atoms with Crippen LogP contribution < -0.4 is 10.5 Å². The molecule has 0 saturated carbocycles. The molecule has 0 unspecified atom stereocenters. The molecule has 3 aromatic rings. The second-order valence-corrected chi connectivity index (χ2v) is 7.64. The highest BCUT2D eigenvalue weighted by Gasteiger charge is 2.27. The highest BCUT2D eigenvalue weighted by Crippen LogP contribution is 2.33. The molecule has 0 aliphatic carbocycles. The molecule has 2 aromatic heterocycles. The van der Waals surface area contributed by atoms with Crippen molar-refractivity contribution >= 4 is 22.9 Å². The number of anilines is 1. The van der Waals surface area contributed by atoms with Gasteiger partial charge in [0.2, 0.25) is 0 Å². The number of benzene rings is 1. The number of thiazole rings is 1. The Kier molecular flexibility index (Phi) is 5.06. The maximum Gasteiger partial charge on any atom is 0.278 e. The summed E-state index contributed by atoms with van der Waals surface area (Å²) < 4.78 is 6.26. The van der Waals surface area contributed by atoms with Gasteiger partial charge in [-0.05, 0) is 37.1 Å². The van der Waals surface area contributed by atoms with Gasteiger partial charge in [-0.25, -0.2) is 9.67 Å². The first-order valence-electron chi connectivity index (χ1n) is 9.01. The van der Waals surface area contributed by atoms with Crippen LogP contribution in [-0.4, -0.2) is 40.9 Å². The number of fused-ring (bicyclic) bond motifs is 1. The Labute approximate surface area is 166 Å². The maximum atomic E-state index is 13.0. The lowest BCUT2D eigenvalue weighted by molar-refractivity contribution is 0.0981. The molecule has 7 nitrogen and oxygen atoms in total. The van der Waals surface area contributed by atoms with Crippen LogP contribution in [0.15, 0.2) is 40.5 Å². The van der Waals surface area contributed by atoms with Gasteiger partial charge in [-0.3, -0.25) is 9.59 Å². The van der Waals surface area contributed by atoms with Crippen LogP contribution in [0.1, 0.15) is 21.1 Å². The largest absolute Gasteiger partial charge is 0.383 e. The molecule has 8 heteroatoms. The molecule has 0 atom stereocenters. The Bertz CT molecular complexity index is 1090. The number of aromatic nitrogens is 3. The van der Waals surface area contributed by atoms with Crippen LogP contribution in [0.3, 0.4) is 0 Å². The molecule has 0 radical (unpaired) electrons. The summed E-state index contributed by atoms with van der Waals surface area (Å²) in [4.78, 5) is 31.2. The van der Waals surface area contributed by atoms with Gasteiger partial charge in [0.05, 0.1) is 23.9 Å². The molecule has 3 heterocycles. The quantitative estimate of drug-likeness (QED) is 0.662. The Hall–Kier alpha value is -2.84. The van der Waals surface area contributed by atoms with Gasteiger partial charge in [0.1, 0.15) is 5.69 Å². The average Bonchev–Trinajstić information content (AvgIpc) is 3.32. The van der Waals surface area contributed by atoms with Crippen molar-refractivity contribution in [2.45, 2.75) is 19.9 Å². The third-order valence-electron chi connectivity index (χ3n) is 4.73. The molecule has 1 aliphatic heterocycles. The van der Waals surface area contributed by atoms with Crippen molar-refractivity contribution < 1.29 is 9.53 Å². The summed E-state index contributed by atoms with van der Waals surface area (Å²) in [6, 6.07) is 8.92. The number of aryl methyl sites for hydroxylation is 1. The van der Waals surface area contributed by atoms with Gasteiger partial charge in [0.25, 0.3) is 11.5 Å². The van der Waals surface area contributed by atoms with E-state index in [1.54, 1.807) is 23.3 Å². The van der Waals surface area contributed by atoms with E-state index in [-0.39, 0.29) is 17.2 Å². The molecular weight excluding hydrogens is 376 g/mol. The summed E-state index contributed by atoms with van der Waals surface area (Å²) in [5, 5.41) is 7.29. The zero-order valence-electron chi connectivity index (χ0n) is 15.7. The first-order valence-corrected chi connectivity index (χ1v) is 9.89. The molecule has 1 amide bonds. The summed E-state index contributed by atoms with van der Waals surface area (Å²) in [6.45, 7) is 3.24.